The van der Waals surface area contributed by atoms with E-state index < -0.39 is 0 Å². The van der Waals surface area contributed by atoms with Crippen molar-refractivity contribution in [3.8, 4) is 0 Å². The molecule has 1 aliphatic rings. The largest absolute Gasteiger partial charge is 0.379 e. The number of anilines is 1. The molecule has 6 nitrogen and oxygen atoms in total. The van der Waals surface area contributed by atoms with Gasteiger partial charge in [0.2, 0.25) is 0 Å². The molecular formula is C13H20N4O2. The fraction of sp³-hybridized carbons (Fsp3) is 0.538. The van der Waals surface area contributed by atoms with E-state index in [4.69, 9.17) is 10.6 Å². The van der Waals surface area contributed by atoms with Crippen LogP contribution in [0.1, 0.15) is 42.2 Å². The van der Waals surface area contributed by atoms with E-state index in [2.05, 4.69) is 15.7 Å². The van der Waals surface area contributed by atoms with Gasteiger partial charge in [-0.05, 0) is 24.5 Å². The number of hydrogen-bond acceptors (Lipinski definition) is 5. The number of hydrogen-bond donors (Lipinski definition) is 3. The third-order valence-corrected chi connectivity index (χ3v) is 3.11. The molecule has 2 rings (SSSR count). The van der Waals surface area contributed by atoms with Crippen molar-refractivity contribution in [2.75, 3.05) is 18.6 Å². The zero-order valence-corrected chi connectivity index (χ0v) is 11.3. The minimum Gasteiger partial charge on any atom is -0.379 e. The number of hydrazine groups is 1. The average Bonchev–Trinajstić information content (AvgIpc) is 2.90. The molecule has 1 aromatic heterocycles. The minimum atomic E-state index is -0.115. The molecule has 1 atom stereocenters. The lowest BCUT2D eigenvalue weighted by molar-refractivity contribution is 0.0929. The van der Waals surface area contributed by atoms with Crippen molar-refractivity contribution in [2.45, 2.75) is 32.2 Å². The monoisotopic (exact) mass is 264 g/mol. The average molecular weight is 264 g/mol. The first-order valence-electron chi connectivity index (χ1n) is 6.47. The number of nitrogens with zero attached hydrogens (tertiary/aromatic N) is 1. The van der Waals surface area contributed by atoms with Crippen molar-refractivity contribution < 1.29 is 9.53 Å². The summed E-state index contributed by atoms with van der Waals surface area (Å²) in [6.45, 7) is 5.33. The second-order valence-corrected chi connectivity index (χ2v) is 5.00. The van der Waals surface area contributed by atoms with Gasteiger partial charge in [0.25, 0.3) is 5.91 Å². The zero-order valence-electron chi connectivity index (χ0n) is 11.3. The number of nitrogens with one attached hydrogen (secondary N) is 2. The summed E-state index contributed by atoms with van der Waals surface area (Å²) in [4.78, 5) is 16.5. The van der Waals surface area contributed by atoms with Gasteiger partial charge in [-0.25, -0.2) is 10.8 Å². The molecule has 0 spiro atoms. The summed E-state index contributed by atoms with van der Waals surface area (Å²) in [6.07, 6.45) is 0.857. The van der Waals surface area contributed by atoms with E-state index in [1.165, 1.54) is 0 Å². The molecule has 0 saturated carbocycles. The SMILES string of the molecule is CC(C)c1cc(C(=O)NC2CCOC2)cc(NN)n1. The molecular weight excluding hydrogens is 244 g/mol. The van der Waals surface area contributed by atoms with E-state index in [0.29, 0.717) is 24.6 Å². The molecule has 1 aromatic rings. The van der Waals surface area contributed by atoms with Crippen LogP contribution in [0.5, 0.6) is 0 Å². The lowest BCUT2D eigenvalue weighted by Gasteiger charge is -2.13. The van der Waals surface area contributed by atoms with E-state index >= 15 is 0 Å². The van der Waals surface area contributed by atoms with Gasteiger partial charge < -0.3 is 15.5 Å². The van der Waals surface area contributed by atoms with Crippen molar-refractivity contribution in [3.63, 3.8) is 0 Å². The van der Waals surface area contributed by atoms with Crippen LogP contribution in [-0.4, -0.2) is 30.1 Å². The Kier molecular flexibility index (Phi) is 4.34. The standard InChI is InChI=1S/C13H20N4O2/c1-8(2)11-5-9(6-12(16-11)17-14)13(18)15-10-3-4-19-7-10/h5-6,8,10H,3-4,7,14H2,1-2H3,(H,15,18)(H,16,17). The summed E-state index contributed by atoms with van der Waals surface area (Å²) in [5.41, 5.74) is 3.90. The molecule has 1 amide bonds. The highest BCUT2D eigenvalue weighted by Gasteiger charge is 2.19. The molecule has 1 aliphatic heterocycles. The maximum Gasteiger partial charge on any atom is 0.251 e. The molecule has 19 heavy (non-hydrogen) atoms. The Bertz CT molecular complexity index is 456. The number of ether oxygens (including phenoxy) is 1. The van der Waals surface area contributed by atoms with Crippen LogP contribution in [-0.2, 0) is 4.74 Å². The Morgan fingerprint density at radius 2 is 2.32 bits per heavy atom. The molecule has 0 aliphatic carbocycles. The van der Waals surface area contributed by atoms with Crippen LogP contribution in [0, 0.1) is 0 Å². The zero-order chi connectivity index (χ0) is 13.8. The Hall–Kier alpha value is -1.66. The van der Waals surface area contributed by atoms with Crippen molar-refractivity contribution in [1.82, 2.24) is 10.3 Å². The second kappa shape index (κ2) is 5.99. The molecule has 6 heteroatoms. The van der Waals surface area contributed by atoms with Crippen molar-refractivity contribution >= 4 is 11.7 Å². The number of nitrogens with two attached hydrogens (primary N) is 1. The molecule has 2 heterocycles. The van der Waals surface area contributed by atoms with Crippen LogP contribution in [0.2, 0.25) is 0 Å². The Labute approximate surface area is 112 Å². The van der Waals surface area contributed by atoms with E-state index in [-0.39, 0.29) is 17.9 Å². The highest BCUT2D eigenvalue weighted by molar-refractivity contribution is 5.95. The summed E-state index contributed by atoms with van der Waals surface area (Å²) < 4.78 is 5.24. The predicted molar refractivity (Wildman–Crippen MR) is 72.8 cm³/mol. The molecule has 1 saturated heterocycles. The Balaban J connectivity index is 2.17. The summed E-state index contributed by atoms with van der Waals surface area (Å²) in [7, 11) is 0. The first-order valence-corrected chi connectivity index (χ1v) is 6.47. The fourth-order valence-corrected chi connectivity index (χ4v) is 1.97. The fourth-order valence-electron chi connectivity index (χ4n) is 1.97. The Morgan fingerprint density at radius 3 is 2.89 bits per heavy atom. The third kappa shape index (κ3) is 3.42. The lowest BCUT2D eigenvalue weighted by Crippen LogP contribution is -2.35. The van der Waals surface area contributed by atoms with E-state index in [1.807, 2.05) is 13.8 Å². The second-order valence-electron chi connectivity index (χ2n) is 5.00. The summed E-state index contributed by atoms with van der Waals surface area (Å²) in [5.74, 6) is 6.00. The maximum atomic E-state index is 12.2. The van der Waals surface area contributed by atoms with Gasteiger partial charge in [-0.3, -0.25) is 4.79 Å². The number of aromatic nitrogens is 1. The number of rotatable bonds is 4. The van der Waals surface area contributed by atoms with Gasteiger partial charge in [-0.2, -0.15) is 0 Å². The lowest BCUT2D eigenvalue weighted by atomic mass is 10.1. The highest BCUT2D eigenvalue weighted by Crippen LogP contribution is 2.17. The summed E-state index contributed by atoms with van der Waals surface area (Å²) >= 11 is 0. The van der Waals surface area contributed by atoms with Crippen molar-refractivity contribution in [2.24, 2.45) is 5.84 Å². The molecule has 4 N–H and O–H groups in total. The number of pyridine rings is 1. The van der Waals surface area contributed by atoms with Gasteiger partial charge in [0.05, 0.1) is 12.6 Å². The Morgan fingerprint density at radius 1 is 1.53 bits per heavy atom. The van der Waals surface area contributed by atoms with Crippen LogP contribution >= 0.6 is 0 Å². The molecule has 0 radical (unpaired) electrons. The topological polar surface area (TPSA) is 89.3 Å². The first-order chi connectivity index (χ1) is 9.10. The summed E-state index contributed by atoms with van der Waals surface area (Å²) in [5, 5.41) is 2.95. The van der Waals surface area contributed by atoms with Crippen molar-refractivity contribution in [1.29, 1.82) is 0 Å². The third-order valence-electron chi connectivity index (χ3n) is 3.11. The van der Waals surface area contributed by atoms with Gasteiger partial charge in [0.15, 0.2) is 0 Å². The van der Waals surface area contributed by atoms with Gasteiger partial charge in [0.1, 0.15) is 5.82 Å². The number of amides is 1. The van der Waals surface area contributed by atoms with Crippen LogP contribution in [0.15, 0.2) is 12.1 Å². The normalized spacial score (nSPS) is 18.6. The number of carbonyl (C=O) groups is 1. The quantitative estimate of drug-likeness (QED) is 0.558. The minimum absolute atomic E-state index is 0.0949. The highest BCUT2D eigenvalue weighted by atomic mass is 16.5. The smallest absolute Gasteiger partial charge is 0.251 e. The van der Waals surface area contributed by atoms with Crippen LogP contribution in [0.25, 0.3) is 0 Å². The van der Waals surface area contributed by atoms with Gasteiger partial charge in [-0.1, -0.05) is 13.8 Å². The maximum absolute atomic E-state index is 12.2. The first kappa shape index (κ1) is 13.8. The van der Waals surface area contributed by atoms with E-state index in [1.54, 1.807) is 12.1 Å². The summed E-state index contributed by atoms with van der Waals surface area (Å²) in [6, 6.07) is 3.55. The molecule has 1 unspecified atom stereocenters. The number of nitrogen functional groups attached to an aromatic ring is 1. The number of carbonyl (C=O) groups excluding carboxylic acids is 1. The van der Waals surface area contributed by atoms with Gasteiger partial charge in [-0.15, -0.1) is 0 Å². The molecule has 104 valence electrons. The van der Waals surface area contributed by atoms with Crippen molar-refractivity contribution in [3.05, 3.63) is 23.4 Å². The van der Waals surface area contributed by atoms with Crippen LogP contribution in [0.4, 0.5) is 5.82 Å². The van der Waals surface area contributed by atoms with Gasteiger partial charge >= 0.3 is 0 Å². The van der Waals surface area contributed by atoms with Crippen LogP contribution in [0.3, 0.4) is 0 Å². The molecule has 0 bridgehead atoms. The van der Waals surface area contributed by atoms with Gasteiger partial charge in [0, 0.05) is 17.9 Å². The molecule has 0 aromatic carbocycles. The molecule has 1 fully saturated rings. The van der Waals surface area contributed by atoms with Crippen LogP contribution < -0.4 is 16.6 Å². The predicted octanol–water partition coefficient (Wildman–Crippen LogP) is 1.01. The van der Waals surface area contributed by atoms with E-state index in [9.17, 15) is 4.79 Å². The van der Waals surface area contributed by atoms with E-state index in [0.717, 1.165) is 12.1 Å².